The van der Waals surface area contributed by atoms with Crippen molar-refractivity contribution in [3.63, 3.8) is 0 Å². The molecule has 2 aromatic carbocycles. The average Bonchev–Trinajstić information content (AvgIpc) is 2.39. The van der Waals surface area contributed by atoms with Gasteiger partial charge in [-0.15, -0.1) is 0 Å². The maximum atomic E-state index is 6.00. The molecule has 0 fully saturated rings. The molecule has 0 heterocycles. The van der Waals surface area contributed by atoms with Crippen molar-refractivity contribution in [3.8, 4) is 5.75 Å². The first-order valence-electron chi connectivity index (χ1n) is 6.31. The molecule has 3 heteroatoms. The topological polar surface area (TPSA) is 38.5 Å². The monoisotopic (exact) mass is 256 g/mol. The van der Waals surface area contributed by atoms with Crippen LogP contribution in [0, 0.1) is 6.92 Å². The van der Waals surface area contributed by atoms with Crippen molar-refractivity contribution in [2.24, 2.45) is 0 Å². The molecule has 0 aromatic heterocycles. The lowest BCUT2D eigenvalue weighted by Crippen LogP contribution is -2.18. The summed E-state index contributed by atoms with van der Waals surface area (Å²) in [5.74, 6) is 0.909. The molecular formula is C16H20N2O. The minimum Gasteiger partial charge on any atom is -0.496 e. The first-order valence-corrected chi connectivity index (χ1v) is 6.31. The number of hydrogen-bond acceptors (Lipinski definition) is 3. The van der Waals surface area contributed by atoms with Crippen molar-refractivity contribution in [1.82, 2.24) is 0 Å². The lowest BCUT2D eigenvalue weighted by molar-refractivity contribution is 0.409. The molecule has 2 rings (SSSR count). The van der Waals surface area contributed by atoms with Crippen molar-refractivity contribution >= 4 is 11.4 Å². The van der Waals surface area contributed by atoms with E-state index in [4.69, 9.17) is 10.5 Å². The van der Waals surface area contributed by atoms with Gasteiger partial charge in [0, 0.05) is 19.2 Å². The molecule has 100 valence electrons. The van der Waals surface area contributed by atoms with E-state index in [-0.39, 0.29) is 0 Å². The van der Waals surface area contributed by atoms with Gasteiger partial charge in [-0.25, -0.2) is 0 Å². The van der Waals surface area contributed by atoms with Crippen molar-refractivity contribution in [3.05, 3.63) is 53.6 Å². The summed E-state index contributed by atoms with van der Waals surface area (Å²) in [6.45, 7) is 2.85. The molecule has 0 aliphatic carbocycles. The minimum atomic E-state index is 0.763. The Bertz CT molecular complexity index is 566. The number of rotatable bonds is 4. The molecular weight excluding hydrogens is 236 g/mol. The summed E-state index contributed by atoms with van der Waals surface area (Å²) in [5, 5.41) is 0. The third-order valence-corrected chi connectivity index (χ3v) is 3.19. The van der Waals surface area contributed by atoms with Gasteiger partial charge in [0.05, 0.1) is 18.5 Å². The summed E-state index contributed by atoms with van der Waals surface area (Å²) < 4.78 is 5.41. The van der Waals surface area contributed by atoms with Gasteiger partial charge in [0.2, 0.25) is 0 Å². The molecule has 0 aliphatic rings. The zero-order chi connectivity index (χ0) is 13.8. The summed E-state index contributed by atoms with van der Waals surface area (Å²) in [5.41, 5.74) is 10.2. The van der Waals surface area contributed by atoms with E-state index in [0.717, 1.165) is 29.2 Å². The molecule has 0 spiro atoms. The zero-order valence-electron chi connectivity index (χ0n) is 11.7. The van der Waals surface area contributed by atoms with Crippen molar-refractivity contribution < 1.29 is 4.74 Å². The van der Waals surface area contributed by atoms with Gasteiger partial charge >= 0.3 is 0 Å². The Morgan fingerprint density at radius 3 is 2.58 bits per heavy atom. The standard InChI is InChI=1S/C16H20N2O/c1-12-8-9-16(19-3)13(10-12)11-18(2)15-7-5-4-6-14(15)17/h4-10H,11,17H2,1-3H3. The van der Waals surface area contributed by atoms with Crippen LogP contribution >= 0.6 is 0 Å². The number of para-hydroxylation sites is 2. The third kappa shape index (κ3) is 2.99. The predicted molar refractivity (Wildman–Crippen MR) is 80.7 cm³/mol. The molecule has 2 N–H and O–H groups in total. The van der Waals surface area contributed by atoms with Crippen LogP contribution in [0.3, 0.4) is 0 Å². The van der Waals surface area contributed by atoms with Crippen molar-refractivity contribution in [2.75, 3.05) is 24.8 Å². The fraction of sp³-hybridized carbons (Fsp3) is 0.250. The zero-order valence-corrected chi connectivity index (χ0v) is 11.7. The Morgan fingerprint density at radius 1 is 1.16 bits per heavy atom. The number of nitrogens with zero attached hydrogens (tertiary/aromatic N) is 1. The molecule has 0 radical (unpaired) electrons. The molecule has 0 unspecified atom stereocenters. The van der Waals surface area contributed by atoms with E-state index in [0.29, 0.717) is 0 Å². The molecule has 0 saturated heterocycles. The Kier molecular flexibility index (Phi) is 3.95. The molecule has 2 aromatic rings. The summed E-state index contributed by atoms with van der Waals surface area (Å²) >= 11 is 0. The second kappa shape index (κ2) is 5.65. The van der Waals surface area contributed by atoms with Crippen LogP contribution < -0.4 is 15.4 Å². The van der Waals surface area contributed by atoms with Crippen LogP contribution in [-0.4, -0.2) is 14.2 Å². The number of hydrogen-bond donors (Lipinski definition) is 1. The Morgan fingerprint density at radius 2 is 1.89 bits per heavy atom. The second-order valence-corrected chi connectivity index (χ2v) is 4.73. The number of aryl methyl sites for hydroxylation is 1. The van der Waals surface area contributed by atoms with Crippen LogP contribution in [0.5, 0.6) is 5.75 Å². The maximum Gasteiger partial charge on any atom is 0.123 e. The lowest BCUT2D eigenvalue weighted by atomic mass is 10.1. The van der Waals surface area contributed by atoms with Gasteiger partial charge in [0.15, 0.2) is 0 Å². The SMILES string of the molecule is COc1ccc(C)cc1CN(C)c1ccccc1N. The minimum absolute atomic E-state index is 0.763. The van der Waals surface area contributed by atoms with E-state index in [1.54, 1.807) is 7.11 Å². The molecule has 3 nitrogen and oxygen atoms in total. The van der Waals surface area contributed by atoms with Crippen LogP contribution in [-0.2, 0) is 6.54 Å². The van der Waals surface area contributed by atoms with Gasteiger partial charge in [-0.05, 0) is 25.1 Å². The fourth-order valence-corrected chi connectivity index (χ4v) is 2.21. The van der Waals surface area contributed by atoms with Crippen LogP contribution in [0.15, 0.2) is 42.5 Å². The Labute approximate surface area is 114 Å². The molecule has 0 amide bonds. The summed E-state index contributed by atoms with van der Waals surface area (Å²) in [6, 6.07) is 14.1. The number of anilines is 2. The van der Waals surface area contributed by atoms with E-state index in [2.05, 4.69) is 24.0 Å². The number of methoxy groups -OCH3 is 1. The van der Waals surface area contributed by atoms with Gasteiger partial charge in [0.1, 0.15) is 5.75 Å². The van der Waals surface area contributed by atoms with Crippen LogP contribution in [0.4, 0.5) is 11.4 Å². The van der Waals surface area contributed by atoms with E-state index in [1.807, 2.05) is 37.4 Å². The lowest BCUT2D eigenvalue weighted by Gasteiger charge is -2.22. The van der Waals surface area contributed by atoms with E-state index >= 15 is 0 Å². The predicted octanol–water partition coefficient (Wildman–Crippen LogP) is 3.22. The van der Waals surface area contributed by atoms with E-state index in [1.165, 1.54) is 5.56 Å². The summed E-state index contributed by atoms with van der Waals surface area (Å²) in [4.78, 5) is 2.13. The van der Waals surface area contributed by atoms with Crippen LogP contribution in [0.25, 0.3) is 0 Å². The molecule has 0 aliphatic heterocycles. The first-order chi connectivity index (χ1) is 9.11. The van der Waals surface area contributed by atoms with Crippen molar-refractivity contribution in [1.29, 1.82) is 0 Å². The second-order valence-electron chi connectivity index (χ2n) is 4.73. The fourth-order valence-electron chi connectivity index (χ4n) is 2.21. The number of benzene rings is 2. The van der Waals surface area contributed by atoms with E-state index in [9.17, 15) is 0 Å². The highest BCUT2D eigenvalue weighted by molar-refractivity contribution is 5.67. The van der Waals surface area contributed by atoms with Gasteiger partial charge in [-0.1, -0.05) is 29.8 Å². The number of ether oxygens (including phenoxy) is 1. The van der Waals surface area contributed by atoms with Crippen LogP contribution in [0.2, 0.25) is 0 Å². The Balaban J connectivity index is 2.26. The average molecular weight is 256 g/mol. The smallest absolute Gasteiger partial charge is 0.123 e. The maximum absolute atomic E-state index is 6.00. The van der Waals surface area contributed by atoms with Gasteiger partial charge in [0.25, 0.3) is 0 Å². The largest absolute Gasteiger partial charge is 0.496 e. The first kappa shape index (κ1) is 13.3. The third-order valence-electron chi connectivity index (χ3n) is 3.19. The number of nitrogens with two attached hydrogens (primary N) is 1. The Hall–Kier alpha value is -2.16. The molecule has 0 bridgehead atoms. The van der Waals surface area contributed by atoms with Gasteiger partial charge in [-0.2, -0.15) is 0 Å². The van der Waals surface area contributed by atoms with Gasteiger partial charge in [-0.3, -0.25) is 0 Å². The highest BCUT2D eigenvalue weighted by Crippen LogP contribution is 2.26. The number of nitrogen functional groups attached to an aromatic ring is 1. The van der Waals surface area contributed by atoms with Gasteiger partial charge < -0.3 is 15.4 Å². The molecule has 19 heavy (non-hydrogen) atoms. The van der Waals surface area contributed by atoms with E-state index < -0.39 is 0 Å². The molecule has 0 atom stereocenters. The van der Waals surface area contributed by atoms with Crippen LogP contribution in [0.1, 0.15) is 11.1 Å². The normalized spacial score (nSPS) is 10.3. The quantitative estimate of drug-likeness (QED) is 0.854. The summed E-state index contributed by atoms with van der Waals surface area (Å²) in [7, 11) is 3.73. The highest BCUT2D eigenvalue weighted by Gasteiger charge is 2.09. The molecule has 0 saturated carbocycles. The van der Waals surface area contributed by atoms with Crippen molar-refractivity contribution in [2.45, 2.75) is 13.5 Å². The summed E-state index contributed by atoms with van der Waals surface area (Å²) in [6.07, 6.45) is 0. The highest BCUT2D eigenvalue weighted by atomic mass is 16.5.